The van der Waals surface area contributed by atoms with E-state index in [1.54, 1.807) is 24.4 Å². The van der Waals surface area contributed by atoms with Crippen LogP contribution in [0.1, 0.15) is 68.7 Å². The summed E-state index contributed by atoms with van der Waals surface area (Å²) in [5, 5.41) is 2.73. The molecule has 3 amide bonds. The Hall–Kier alpha value is -3.02. The first-order valence-electron chi connectivity index (χ1n) is 9.30. The van der Waals surface area contributed by atoms with Gasteiger partial charge in [0.1, 0.15) is 5.82 Å². The second kappa shape index (κ2) is 6.95. The van der Waals surface area contributed by atoms with E-state index in [-0.39, 0.29) is 23.8 Å². The summed E-state index contributed by atoms with van der Waals surface area (Å²) in [5.74, 6) is -0.432. The third-order valence-corrected chi connectivity index (χ3v) is 5.28. The van der Waals surface area contributed by atoms with Gasteiger partial charge in [0.05, 0.1) is 11.1 Å². The van der Waals surface area contributed by atoms with Crippen LogP contribution in [0.2, 0.25) is 0 Å². The molecule has 1 saturated carbocycles. The normalized spacial score (nSPS) is 17.1. The van der Waals surface area contributed by atoms with Crippen molar-refractivity contribution in [2.75, 3.05) is 5.32 Å². The van der Waals surface area contributed by atoms with Gasteiger partial charge < -0.3 is 5.32 Å². The highest BCUT2D eigenvalue weighted by Crippen LogP contribution is 2.31. The lowest BCUT2D eigenvalue weighted by Gasteiger charge is -2.29. The molecule has 1 aliphatic heterocycles. The summed E-state index contributed by atoms with van der Waals surface area (Å²) >= 11 is 0. The molecule has 6 nitrogen and oxygen atoms in total. The van der Waals surface area contributed by atoms with E-state index in [4.69, 9.17) is 0 Å². The lowest BCUT2D eigenvalue weighted by Crippen LogP contribution is -2.40. The summed E-state index contributed by atoms with van der Waals surface area (Å²) in [6.07, 6.45) is 6.56. The van der Waals surface area contributed by atoms with Crippen LogP contribution in [0, 0.1) is 6.92 Å². The first-order chi connectivity index (χ1) is 13.0. The van der Waals surface area contributed by atoms with Crippen LogP contribution < -0.4 is 5.32 Å². The highest BCUT2D eigenvalue weighted by atomic mass is 16.2. The number of aryl methyl sites for hydroxylation is 1. The lowest BCUT2D eigenvalue weighted by molar-refractivity contribution is 0.0549. The highest BCUT2D eigenvalue weighted by Gasteiger charge is 2.40. The number of carbonyl (C=O) groups is 3. The van der Waals surface area contributed by atoms with Gasteiger partial charge in [-0.3, -0.25) is 19.3 Å². The number of aromatic nitrogens is 1. The molecule has 0 bridgehead atoms. The van der Waals surface area contributed by atoms with Crippen molar-refractivity contribution in [2.45, 2.75) is 45.1 Å². The Morgan fingerprint density at radius 3 is 2.52 bits per heavy atom. The van der Waals surface area contributed by atoms with Gasteiger partial charge >= 0.3 is 0 Å². The van der Waals surface area contributed by atoms with E-state index in [2.05, 4.69) is 10.3 Å². The Labute approximate surface area is 157 Å². The predicted octanol–water partition coefficient (Wildman–Crippen LogP) is 3.57. The fraction of sp³-hybridized carbons (Fsp3) is 0.333. The number of fused-ring (bicyclic) bond motifs is 1. The zero-order valence-electron chi connectivity index (χ0n) is 15.2. The minimum atomic E-state index is -0.354. The molecule has 0 spiro atoms. The second-order valence-corrected chi connectivity index (χ2v) is 7.21. The third-order valence-electron chi connectivity index (χ3n) is 5.28. The summed E-state index contributed by atoms with van der Waals surface area (Å²) in [5.41, 5.74) is 2.02. The molecule has 2 aliphatic rings. The number of pyridine rings is 1. The maximum Gasteiger partial charge on any atom is 0.261 e. The Morgan fingerprint density at radius 2 is 1.78 bits per heavy atom. The van der Waals surface area contributed by atoms with Gasteiger partial charge in [-0.1, -0.05) is 19.3 Å². The average Bonchev–Trinajstić information content (AvgIpc) is 2.92. The molecular weight excluding hydrogens is 342 g/mol. The number of nitrogens with one attached hydrogen (secondary N) is 1. The molecule has 4 rings (SSSR count). The van der Waals surface area contributed by atoms with E-state index in [0.29, 0.717) is 22.5 Å². The van der Waals surface area contributed by atoms with Crippen molar-refractivity contribution in [1.29, 1.82) is 0 Å². The van der Waals surface area contributed by atoms with Crippen molar-refractivity contribution < 1.29 is 14.4 Å². The Morgan fingerprint density at radius 1 is 1.04 bits per heavy atom. The number of anilines is 1. The maximum absolute atomic E-state index is 12.8. The minimum Gasteiger partial charge on any atom is -0.307 e. The smallest absolute Gasteiger partial charge is 0.261 e. The molecule has 0 atom stereocenters. The third kappa shape index (κ3) is 3.23. The first-order valence-corrected chi connectivity index (χ1v) is 9.30. The fourth-order valence-corrected chi connectivity index (χ4v) is 3.86. The quantitative estimate of drug-likeness (QED) is 0.846. The number of benzene rings is 1. The molecule has 0 saturated heterocycles. The zero-order valence-corrected chi connectivity index (χ0v) is 15.2. The maximum atomic E-state index is 12.8. The van der Waals surface area contributed by atoms with Crippen molar-refractivity contribution >= 4 is 23.5 Å². The highest BCUT2D eigenvalue weighted by molar-refractivity contribution is 6.22. The Bertz CT molecular complexity index is 932. The van der Waals surface area contributed by atoms with Crippen molar-refractivity contribution in [3.8, 4) is 0 Å². The van der Waals surface area contributed by atoms with Crippen LogP contribution in [-0.4, -0.2) is 33.6 Å². The number of hydrogen-bond donors (Lipinski definition) is 1. The number of rotatable bonds is 3. The van der Waals surface area contributed by atoms with Gasteiger partial charge in [-0.25, -0.2) is 4.98 Å². The predicted molar refractivity (Wildman–Crippen MR) is 101 cm³/mol. The first kappa shape index (κ1) is 17.4. The van der Waals surface area contributed by atoms with Gasteiger partial charge in [0.15, 0.2) is 0 Å². The van der Waals surface area contributed by atoms with E-state index >= 15 is 0 Å². The Kier molecular flexibility index (Phi) is 4.48. The molecule has 2 heterocycles. The topological polar surface area (TPSA) is 79.4 Å². The van der Waals surface area contributed by atoms with Crippen molar-refractivity contribution in [2.24, 2.45) is 0 Å². The van der Waals surface area contributed by atoms with Gasteiger partial charge in [-0.05, 0) is 55.7 Å². The summed E-state index contributed by atoms with van der Waals surface area (Å²) < 4.78 is 0. The summed E-state index contributed by atoms with van der Waals surface area (Å²) in [6.45, 7) is 1.91. The van der Waals surface area contributed by atoms with Gasteiger partial charge in [0, 0.05) is 17.8 Å². The summed E-state index contributed by atoms with van der Waals surface area (Å²) in [7, 11) is 0. The van der Waals surface area contributed by atoms with E-state index in [0.717, 1.165) is 37.7 Å². The average molecular weight is 363 g/mol. The van der Waals surface area contributed by atoms with E-state index in [1.807, 2.05) is 13.0 Å². The molecule has 1 aromatic carbocycles. The van der Waals surface area contributed by atoms with Gasteiger partial charge in [0.25, 0.3) is 17.7 Å². The van der Waals surface area contributed by atoms with Gasteiger partial charge in [-0.2, -0.15) is 0 Å². The summed E-state index contributed by atoms with van der Waals surface area (Å²) in [6, 6.07) is 8.26. The minimum absolute atomic E-state index is 0.0279. The van der Waals surface area contributed by atoms with Crippen LogP contribution in [-0.2, 0) is 0 Å². The van der Waals surface area contributed by atoms with Crippen molar-refractivity contribution in [3.05, 3.63) is 58.8 Å². The molecule has 0 unspecified atom stereocenters. The molecular formula is C21H21N3O3. The molecule has 1 aliphatic carbocycles. The van der Waals surface area contributed by atoms with E-state index in [9.17, 15) is 14.4 Å². The zero-order chi connectivity index (χ0) is 19.0. The monoisotopic (exact) mass is 363 g/mol. The molecule has 2 aromatic rings. The number of hydrogen-bond acceptors (Lipinski definition) is 4. The van der Waals surface area contributed by atoms with Crippen molar-refractivity contribution in [1.82, 2.24) is 9.88 Å². The molecule has 27 heavy (non-hydrogen) atoms. The lowest BCUT2D eigenvalue weighted by atomic mass is 9.94. The number of amides is 3. The van der Waals surface area contributed by atoms with Crippen LogP contribution in [0.5, 0.6) is 0 Å². The number of nitrogens with zero attached hydrogens (tertiary/aromatic N) is 2. The van der Waals surface area contributed by atoms with E-state index < -0.39 is 0 Å². The fourth-order valence-electron chi connectivity index (χ4n) is 3.86. The molecule has 138 valence electrons. The number of carbonyl (C=O) groups excluding carboxylic acids is 3. The Balaban J connectivity index is 1.58. The van der Waals surface area contributed by atoms with Gasteiger partial charge in [0.2, 0.25) is 0 Å². The second-order valence-electron chi connectivity index (χ2n) is 7.21. The summed E-state index contributed by atoms with van der Waals surface area (Å²) in [4.78, 5) is 43.6. The van der Waals surface area contributed by atoms with Gasteiger partial charge in [-0.15, -0.1) is 0 Å². The van der Waals surface area contributed by atoms with Crippen LogP contribution >= 0.6 is 0 Å². The molecule has 1 fully saturated rings. The van der Waals surface area contributed by atoms with E-state index in [1.165, 1.54) is 11.0 Å². The van der Waals surface area contributed by atoms with Crippen molar-refractivity contribution in [3.63, 3.8) is 0 Å². The molecule has 1 N–H and O–H groups in total. The van der Waals surface area contributed by atoms with Crippen LogP contribution in [0.15, 0.2) is 36.5 Å². The van der Waals surface area contributed by atoms with Crippen LogP contribution in [0.3, 0.4) is 0 Å². The molecule has 6 heteroatoms. The number of imide groups is 1. The standard InChI is InChI=1S/C21H21N3O3/c1-13-9-10-22-18(11-13)23-19(25)14-7-8-16-17(12-14)21(27)24(20(16)26)15-5-3-2-4-6-15/h7-12,15H,2-6H2,1H3,(H,22,23,25). The molecule has 0 radical (unpaired) electrons. The molecule has 1 aromatic heterocycles. The SMILES string of the molecule is Cc1ccnc(NC(=O)c2ccc3c(c2)C(=O)N(C2CCCCC2)C3=O)c1. The largest absolute Gasteiger partial charge is 0.307 e. The van der Waals surface area contributed by atoms with Crippen LogP contribution in [0.4, 0.5) is 5.82 Å². The van der Waals surface area contributed by atoms with Crippen LogP contribution in [0.25, 0.3) is 0 Å².